The van der Waals surface area contributed by atoms with Gasteiger partial charge in [-0.15, -0.1) is 0 Å². The molecule has 0 spiro atoms. The minimum atomic E-state index is 0.503. The van der Waals surface area contributed by atoms with Crippen LogP contribution in [0, 0.1) is 0 Å². The number of aromatic nitrogens is 6. The molecule has 1 aliphatic rings. The number of fused-ring (bicyclic) bond motifs is 1. The van der Waals surface area contributed by atoms with Crippen molar-refractivity contribution < 1.29 is 0 Å². The van der Waals surface area contributed by atoms with Crippen LogP contribution in [0.15, 0.2) is 18.6 Å². The SMILES string of the molecule is c1nc2nc(Nc3cc(C4CC4)[nH]n3)ncc2[nH]1. The highest BCUT2D eigenvalue weighted by molar-refractivity contribution is 5.70. The minimum Gasteiger partial charge on any atom is -0.342 e. The molecule has 3 aromatic rings. The third kappa shape index (κ3) is 1.60. The van der Waals surface area contributed by atoms with Crippen molar-refractivity contribution in [2.45, 2.75) is 18.8 Å². The zero-order valence-electron chi connectivity index (χ0n) is 9.51. The van der Waals surface area contributed by atoms with Gasteiger partial charge in [0, 0.05) is 17.7 Å². The van der Waals surface area contributed by atoms with Gasteiger partial charge in [-0.2, -0.15) is 10.1 Å². The molecule has 7 heteroatoms. The van der Waals surface area contributed by atoms with E-state index in [1.807, 2.05) is 6.07 Å². The van der Waals surface area contributed by atoms with Gasteiger partial charge in [-0.3, -0.25) is 5.10 Å². The number of nitrogens with zero attached hydrogens (tertiary/aromatic N) is 4. The fourth-order valence-electron chi connectivity index (χ4n) is 1.91. The lowest BCUT2D eigenvalue weighted by Crippen LogP contribution is -1.97. The topological polar surface area (TPSA) is 95.2 Å². The standard InChI is InChI=1S/C11H11N7/c1-2-6(1)7-3-9(18-17-7)15-11-12-4-8-10(16-11)14-5-13-8/h3-6H,1-2H2,(H3,12,13,14,15,16,17,18). The summed E-state index contributed by atoms with van der Waals surface area (Å²) >= 11 is 0. The molecular formula is C11H11N7. The van der Waals surface area contributed by atoms with Gasteiger partial charge in [0.25, 0.3) is 0 Å². The first-order valence-corrected chi connectivity index (χ1v) is 5.87. The van der Waals surface area contributed by atoms with Gasteiger partial charge in [0.15, 0.2) is 11.5 Å². The second kappa shape index (κ2) is 3.52. The van der Waals surface area contributed by atoms with E-state index in [2.05, 4.69) is 35.5 Å². The van der Waals surface area contributed by atoms with Gasteiger partial charge in [-0.05, 0) is 12.8 Å². The highest BCUT2D eigenvalue weighted by Crippen LogP contribution is 2.39. The maximum absolute atomic E-state index is 4.28. The number of aromatic amines is 2. The third-order valence-corrected chi connectivity index (χ3v) is 3.03. The van der Waals surface area contributed by atoms with E-state index >= 15 is 0 Å². The van der Waals surface area contributed by atoms with Crippen LogP contribution >= 0.6 is 0 Å². The van der Waals surface area contributed by atoms with Crippen LogP contribution in [0.3, 0.4) is 0 Å². The Morgan fingerprint density at radius 1 is 1.28 bits per heavy atom. The molecule has 3 aromatic heterocycles. The molecule has 1 saturated carbocycles. The molecule has 3 heterocycles. The summed E-state index contributed by atoms with van der Waals surface area (Å²) in [6, 6.07) is 2.01. The van der Waals surface area contributed by atoms with Crippen LogP contribution in [0.1, 0.15) is 24.5 Å². The van der Waals surface area contributed by atoms with E-state index in [4.69, 9.17) is 0 Å². The van der Waals surface area contributed by atoms with Gasteiger partial charge in [-0.1, -0.05) is 0 Å². The number of hydrogen-bond donors (Lipinski definition) is 3. The van der Waals surface area contributed by atoms with Gasteiger partial charge in [0.05, 0.1) is 12.5 Å². The summed E-state index contributed by atoms with van der Waals surface area (Å²) in [7, 11) is 0. The van der Waals surface area contributed by atoms with Gasteiger partial charge in [-0.25, -0.2) is 9.97 Å². The number of hydrogen-bond acceptors (Lipinski definition) is 5. The van der Waals surface area contributed by atoms with Crippen molar-refractivity contribution in [1.29, 1.82) is 0 Å². The number of anilines is 2. The Bertz CT molecular complexity index is 694. The summed E-state index contributed by atoms with van der Waals surface area (Å²) in [6.45, 7) is 0. The average Bonchev–Trinajstić information content (AvgIpc) is 2.95. The van der Waals surface area contributed by atoms with Crippen molar-refractivity contribution >= 4 is 22.9 Å². The molecule has 0 saturated heterocycles. The smallest absolute Gasteiger partial charge is 0.230 e. The van der Waals surface area contributed by atoms with Crippen LogP contribution in [-0.2, 0) is 0 Å². The summed E-state index contributed by atoms with van der Waals surface area (Å²) in [5, 5.41) is 10.3. The number of imidazole rings is 1. The summed E-state index contributed by atoms with van der Waals surface area (Å²) < 4.78 is 0. The van der Waals surface area contributed by atoms with Crippen LogP contribution < -0.4 is 5.32 Å². The van der Waals surface area contributed by atoms with Gasteiger partial charge >= 0.3 is 0 Å². The summed E-state index contributed by atoms with van der Waals surface area (Å²) in [5.41, 5.74) is 2.64. The summed E-state index contributed by atoms with van der Waals surface area (Å²) in [5.74, 6) is 1.90. The molecule has 0 atom stereocenters. The molecule has 3 N–H and O–H groups in total. The Hall–Kier alpha value is -2.44. The molecule has 0 bridgehead atoms. The second-order valence-corrected chi connectivity index (χ2v) is 4.44. The zero-order chi connectivity index (χ0) is 11.9. The minimum absolute atomic E-state index is 0.503. The lowest BCUT2D eigenvalue weighted by Gasteiger charge is -1.98. The van der Waals surface area contributed by atoms with Crippen molar-refractivity contribution in [3.8, 4) is 0 Å². The molecule has 4 rings (SSSR count). The van der Waals surface area contributed by atoms with Crippen LogP contribution in [0.25, 0.3) is 11.2 Å². The van der Waals surface area contributed by atoms with E-state index in [9.17, 15) is 0 Å². The molecule has 0 aliphatic heterocycles. The molecule has 90 valence electrons. The lowest BCUT2D eigenvalue weighted by molar-refractivity contribution is 0.965. The maximum atomic E-state index is 4.28. The van der Waals surface area contributed by atoms with Gasteiger partial charge in [0.2, 0.25) is 5.95 Å². The fraction of sp³-hybridized carbons (Fsp3) is 0.273. The van der Waals surface area contributed by atoms with Crippen LogP contribution in [-0.4, -0.2) is 30.1 Å². The van der Waals surface area contributed by atoms with Crippen molar-refractivity contribution in [3.05, 3.63) is 24.3 Å². The van der Waals surface area contributed by atoms with Gasteiger partial charge < -0.3 is 10.3 Å². The number of H-pyrrole nitrogens is 2. The Morgan fingerprint density at radius 2 is 2.22 bits per heavy atom. The predicted molar refractivity (Wildman–Crippen MR) is 65.5 cm³/mol. The molecular weight excluding hydrogens is 230 g/mol. The lowest BCUT2D eigenvalue weighted by atomic mass is 10.3. The van der Waals surface area contributed by atoms with Crippen molar-refractivity contribution in [2.75, 3.05) is 5.32 Å². The first kappa shape index (κ1) is 9.58. The fourth-order valence-corrected chi connectivity index (χ4v) is 1.91. The number of nitrogens with one attached hydrogen (secondary N) is 3. The molecule has 18 heavy (non-hydrogen) atoms. The van der Waals surface area contributed by atoms with Crippen LogP contribution in [0.4, 0.5) is 11.8 Å². The van der Waals surface area contributed by atoms with E-state index in [-0.39, 0.29) is 0 Å². The zero-order valence-corrected chi connectivity index (χ0v) is 9.51. The Labute approximate surface area is 102 Å². The Kier molecular flexibility index (Phi) is 1.88. The van der Waals surface area contributed by atoms with Crippen LogP contribution in [0.5, 0.6) is 0 Å². The third-order valence-electron chi connectivity index (χ3n) is 3.03. The molecule has 0 unspecified atom stereocenters. The van der Waals surface area contributed by atoms with Crippen LogP contribution in [0.2, 0.25) is 0 Å². The molecule has 0 amide bonds. The molecule has 0 radical (unpaired) electrons. The van der Waals surface area contributed by atoms with Crippen molar-refractivity contribution in [1.82, 2.24) is 30.1 Å². The Balaban J connectivity index is 1.61. The Morgan fingerprint density at radius 3 is 3.11 bits per heavy atom. The first-order chi connectivity index (χ1) is 8.88. The predicted octanol–water partition coefficient (Wildman–Crippen LogP) is 1.70. The maximum Gasteiger partial charge on any atom is 0.230 e. The summed E-state index contributed by atoms with van der Waals surface area (Å²) in [4.78, 5) is 15.5. The van der Waals surface area contributed by atoms with Crippen molar-refractivity contribution in [2.24, 2.45) is 0 Å². The van der Waals surface area contributed by atoms with Crippen molar-refractivity contribution in [3.63, 3.8) is 0 Å². The molecule has 0 aromatic carbocycles. The van der Waals surface area contributed by atoms with E-state index in [0.29, 0.717) is 17.5 Å². The normalized spacial score (nSPS) is 15.1. The van der Waals surface area contributed by atoms with E-state index in [0.717, 1.165) is 11.3 Å². The largest absolute Gasteiger partial charge is 0.342 e. The monoisotopic (exact) mass is 241 g/mol. The van der Waals surface area contributed by atoms with Gasteiger partial charge in [0.1, 0.15) is 5.52 Å². The van der Waals surface area contributed by atoms with E-state index < -0.39 is 0 Å². The molecule has 1 fully saturated rings. The quantitative estimate of drug-likeness (QED) is 0.648. The molecule has 1 aliphatic carbocycles. The van der Waals surface area contributed by atoms with E-state index in [1.165, 1.54) is 18.5 Å². The second-order valence-electron chi connectivity index (χ2n) is 4.44. The average molecular weight is 241 g/mol. The van der Waals surface area contributed by atoms with E-state index in [1.54, 1.807) is 12.5 Å². The molecule has 7 nitrogen and oxygen atoms in total. The highest BCUT2D eigenvalue weighted by Gasteiger charge is 2.25. The summed E-state index contributed by atoms with van der Waals surface area (Å²) in [6.07, 6.45) is 5.80. The number of rotatable bonds is 3. The highest BCUT2D eigenvalue weighted by atomic mass is 15.2. The first-order valence-electron chi connectivity index (χ1n) is 5.87.